The first-order valence-corrected chi connectivity index (χ1v) is 12.8. The Balaban J connectivity index is 1.58. The Morgan fingerprint density at radius 2 is 1.97 bits per heavy atom. The maximum atomic E-state index is 13.3. The Bertz CT molecular complexity index is 836. The van der Waals surface area contributed by atoms with Crippen molar-refractivity contribution in [2.45, 2.75) is 71.2 Å². The second kappa shape index (κ2) is 7.29. The standard InChI is InChI=1S/C22H36N2O5S/c1-6-23(7-2)30(26,27)15-21-12-10-16(20(21,3)4)13-17(21)29-19(25)22-11-8-9-18(28-5)24(22)14-22/h8-9,16-18H,6-7,10-15H2,1-5H3/t16-,17-,18+,21+,22-,24?/m1/s1. The molecule has 4 rings (SSSR count). The van der Waals surface area contributed by atoms with Gasteiger partial charge in [0.05, 0.1) is 5.75 Å². The molecule has 0 aromatic heterocycles. The number of rotatable bonds is 8. The molecule has 2 bridgehead atoms. The highest BCUT2D eigenvalue weighted by Crippen LogP contribution is 2.67. The van der Waals surface area contributed by atoms with Gasteiger partial charge in [0.1, 0.15) is 17.9 Å². The highest BCUT2D eigenvalue weighted by molar-refractivity contribution is 7.89. The molecule has 2 saturated carbocycles. The maximum absolute atomic E-state index is 13.3. The largest absolute Gasteiger partial charge is 0.460 e. The van der Waals surface area contributed by atoms with E-state index >= 15 is 0 Å². The molecule has 6 atom stereocenters. The van der Waals surface area contributed by atoms with Gasteiger partial charge in [-0.05, 0) is 43.1 Å². The Hall–Kier alpha value is -0.960. The van der Waals surface area contributed by atoms with Crippen molar-refractivity contribution in [2.75, 3.05) is 32.5 Å². The van der Waals surface area contributed by atoms with Crippen LogP contribution in [0.1, 0.15) is 53.4 Å². The van der Waals surface area contributed by atoms with E-state index < -0.39 is 21.0 Å². The molecule has 0 aromatic rings. The van der Waals surface area contributed by atoms with Gasteiger partial charge in [0.2, 0.25) is 10.0 Å². The van der Waals surface area contributed by atoms with Crippen molar-refractivity contribution < 1.29 is 22.7 Å². The molecule has 2 aliphatic heterocycles. The van der Waals surface area contributed by atoms with Crippen molar-refractivity contribution in [3.8, 4) is 0 Å². The lowest BCUT2D eigenvalue weighted by atomic mass is 9.69. The van der Waals surface area contributed by atoms with Crippen LogP contribution >= 0.6 is 0 Å². The Morgan fingerprint density at radius 1 is 1.27 bits per heavy atom. The average Bonchev–Trinajstić information content (AvgIpc) is 3.36. The highest BCUT2D eigenvalue weighted by atomic mass is 32.2. The normalized spacial score (nSPS) is 41.1. The van der Waals surface area contributed by atoms with Gasteiger partial charge in [-0.25, -0.2) is 17.5 Å². The van der Waals surface area contributed by atoms with Crippen molar-refractivity contribution in [1.29, 1.82) is 0 Å². The summed E-state index contributed by atoms with van der Waals surface area (Å²) < 4.78 is 39.7. The topological polar surface area (TPSA) is 75.9 Å². The molecular formula is C22H36N2O5S. The van der Waals surface area contributed by atoms with Crippen LogP contribution in [0.5, 0.6) is 0 Å². The zero-order valence-electron chi connectivity index (χ0n) is 18.9. The second-order valence-corrected chi connectivity index (χ2v) is 12.0. The van der Waals surface area contributed by atoms with Gasteiger partial charge in [-0.2, -0.15) is 0 Å². The summed E-state index contributed by atoms with van der Waals surface area (Å²) in [5, 5.41) is 0. The van der Waals surface area contributed by atoms with E-state index in [2.05, 4.69) is 13.8 Å². The van der Waals surface area contributed by atoms with Crippen LogP contribution in [0.25, 0.3) is 0 Å². The highest BCUT2D eigenvalue weighted by Gasteiger charge is 2.69. The fraction of sp³-hybridized carbons (Fsp3) is 0.864. The van der Waals surface area contributed by atoms with E-state index in [4.69, 9.17) is 9.47 Å². The fourth-order valence-electron chi connectivity index (χ4n) is 6.49. The number of carbonyl (C=O) groups excluding carboxylic acids is 1. The first-order chi connectivity index (χ1) is 14.1. The maximum Gasteiger partial charge on any atom is 0.328 e. The number of ether oxygens (including phenoxy) is 2. The molecule has 1 unspecified atom stereocenters. The van der Waals surface area contributed by atoms with E-state index in [1.54, 1.807) is 11.4 Å². The molecule has 0 amide bonds. The lowest BCUT2D eigenvalue weighted by molar-refractivity contribution is -0.162. The number of fused-ring (bicyclic) bond motifs is 3. The monoisotopic (exact) mass is 440 g/mol. The molecule has 170 valence electrons. The summed E-state index contributed by atoms with van der Waals surface area (Å²) in [6, 6.07) is 0. The smallest absolute Gasteiger partial charge is 0.328 e. The molecule has 2 aliphatic carbocycles. The summed E-state index contributed by atoms with van der Waals surface area (Å²) in [6.07, 6.45) is 6.58. The molecule has 4 aliphatic rings. The molecule has 2 heterocycles. The lowest BCUT2D eigenvalue weighted by Gasteiger charge is -2.42. The molecule has 0 radical (unpaired) electrons. The summed E-state index contributed by atoms with van der Waals surface area (Å²) in [7, 11) is -1.79. The van der Waals surface area contributed by atoms with E-state index in [1.165, 1.54) is 0 Å². The third kappa shape index (κ3) is 3.01. The number of hydrogen-bond acceptors (Lipinski definition) is 6. The molecule has 30 heavy (non-hydrogen) atoms. The van der Waals surface area contributed by atoms with Crippen molar-refractivity contribution in [3.63, 3.8) is 0 Å². The fourth-order valence-corrected chi connectivity index (χ4v) is 8.82. The van der Waals surface area contributed by atoms with Crippen LogP contribution < -0.4 is 0 Å². The number of nitrogens with zero attached hydrogens (tertiary/aromatic N) is 2. The van der Waals surface area contributed by atoms with Crippen LogP contribution in [0.3, 0.4) is 0 Å². The van der Waals surface area contributed by atoms with Crippen LogP contribution in [0.15, 0.2) is 12.2 Å². The van der Waals surface area contributed by atoms with Gasteiger partial charge in [0.25, 0.3) is 0 Å². The Morgan fingerprint density at radius 3 is 2.57 bits per heavy atom. The van der Waals surface area contributed by atoms with E-state index in [0.29, 0.717) is 32.0 Å². The molecule has 0 aromatic carbocycles. The lowest BCUT2D eigenvalue weighted by Crippen LogP contribution is -2.50. The summed E-state index contributed by atoms with van der Waals surface area (Å²) in [6.45, 7) is 9.64. The van der Waals surface area contributed by atoms with Gasteiger partial charge in [-0.1, -0.05) is 33.8 Å². The minimum Gasteiger partial charge on any atom is -0.460 e. The van der Waals surface area contributed by atoms with Gasteiger partial charge < -0.3 is 9.47 Å². The molecular weight excluding hydrogens is 404 g/mol. The first-order valence-electron chi connectivity index (χ1n) is 11.2. The Kier molecular flexibility index (Phi) is 5.40. The SMILES string of the molecule is CCN(CC)S(=O)(=O)C[C@@]12CC[C@H](C[C@H]1OC(=O)[C@]13CC=C[C@H](OC)N1C3)C2(C)C. The number of methoxy groups -OCH3 is 1. The average molecular weight is 441 g/mol. The Labute approximate surface area is 180 Å². The van der Waals surface area contributed by atoms with E-state index in [0.717, 1.165) is 19.3 Å². The quantitative estimate of drug-likeness (QED) is 0.328. The summed E-state index contributed by atoms with van der Waals surface area (Å²) in [5.74, 6) is 0.218. The minimum absolute atomic E-state index is 0.0560. The van der Waals surface area contributed by atoms with E-state index in [9.17, 15) is 13.2 Å². The van der Waals surface area contributed by atoms with E-state index in [-0.39, 0.29) is 29.5 Å². The number of carbonyl (C=O) groups is 1. The van der Waals surface area contributed by atoms with Crippen molar-refractivity contribution in [3.05, 3.63) is 12.2 Å². The molecule has 0 spiro atoms. The third-order valence-corrected chi connectivity index (χ3v) is 10.9. The van der Waals surface area contributed by atoms with Crippen LogP contribution in [0.2, 0.25) is 0 Å². The van der Waals surface area contributed by atoms with Gasteiger partial charge >= 0.3 is 5.97 Å². The van der Waals surface area contributed by atoms with Gasteiger partial charge in [-0.3, -0.25) is 4.90 Å². The van der Waals surface area contributed by atoms with Gasteiger partial charge in [0, 0.05) is 32.2 Å². The van der Waals surface area contributed by atoms with E-state index in [1.807, 2.05) is 30.9 Å². The van der Waals surface area contributed by atoms with Crippen LogP contribution in [0.4, 0.5) is 0 Å². The minimum atomic E-state index is -3.43. The summed E-state index contributed by atoms with van der Waals surface area (Å²) >= 11 is 0. The second-order valence-electron chi connectivity index (χ2n) is 10.0. The number of hydrogen-bond donors (Lipinski definition) is 0. The van der Waals surface area contributed by atoms with Gasteiger partial charge in [0.15, 0.2) is 0 Å². The molecule has 8 heteroatoms. The zero-order chi connectivity index (χ0) is 21.9. The van der Waals surface area contributed by atoms with Crippen molar-refractivity contribution in [2.24, 2.45) is 16.7 Å². The third-order valence-electron chi connectivity index (χ3n) is 8.71. The number of sulfonamides is 1. The zero-order valence-corrected chi connectivity index (χ0v) is 19.7. The molecule has 1 saturated heterocycles. The van der Waals surface area contributed by atoms with Crippen LogP contribution in [-0.4, -0.2) is 74.0 Å². The number of esters is 1. The summed E-state index contributed by atoms with van der Waals surface area (Å²) in [5.41, 5.74) is -1.35. The molecule has 3 fully saturated rings. The molecule has 0 N–H and O–H groups in total. The summed E-state index contributed by atoms with van der Waals surface area (Å²) in [4.78, 5) is 15.3. The predicted molar refractivity (Wildman–Crippen MR) is 114 cm³/mol. The van der Waals surface area contributed by atoms with Crippen molar-refractivity contribution >= 4 is 16.0 Å². The first kappa shape index (κ1) is 22.2. The van der Waals surface area contributed by atoms with Crippen LogP contribution in [-0.2, 0) is 24.3 Å². The van der Waals surface area contributed by atoms with Crippen molar-refractivity contribution in [1.82, 2.24) is 9.21 Å². The van der Waals surface area contributed by atoms with Gasteiger partial charge in [-0.15, -0.1) is 0 Å². The van der Waals surface area contributed by atoms with Crippen LogP contribution in [0, 0.1) is 16.7 Å². The predicted octanol–water partition coefficient (Wildman–Crippen LogP) is 2.38. The molecule has 7 nitrogen and oxygen atoms in total.